The normalized spacial score (nSPS) is 18.9. The number of hydrogen-bond donors (Lipinski definition) is 1. The van der Waals surface area contributed by atoms with E-state index >= 15 is 0 Å². The van der Waals surface area contributed by atoms with Gasteiger partial charge in [0.05, 0.1) is 17.5 Å². The van der Waals surface area contributed by atoms with Crippen molar-refractivity contribution >= 4 is 23.1 Å². The monoisotopic (exact) mass is 266 g/mol. The molecule has 1 atom stereocenters. The Morgan fingerprint density at radius 3 is 2.72 bits per heavy atom. The zero-order valence-corrected chi connectivity index (χ0v) is 10.8. The molecule has 1 aromatic rings. The molecule has 0 radical (unpaired) electrons. The van der Waals surface area contributed by atoms with Gasteiger partial charge in [0, 0.05) is 6.54 Å². The number of likely N-dealkylation sites (tertiary alicyclic amines) is 1. The van der Waals surface area contributed by atoms with Crippen molar-refractivity contribution in [2.24, 2.45) is 5.73 Å². The van der Waals surface area contributed by atoms with Crippen molar-refractivity contribution in [2.75, 3.05) is 6.54 Å². The molecule has 0 bridgehead atoms. The molecule has 1 saturated heterocycles. The van der Waals surface area contributed by atoms with E-state index < -0.39 is 0 Å². The largest absolute Gasteiger partial charge is 0.392 e. The van der Waals surface area contributed by atoms with Crippen LogP contribution >= 0.6 is 12.2 Å². The van der Waals surface area contributed by atoms with Gasteiger partial charge in [-0.15, -0.1) is 0 Å². The first-order valence-corrected chi connectivity index (χ1v) is 6.32. The smallest absolute Gasteiger partial charge is 0.227 e. The standard InChI is InChI=1S/C13H15FN2OS/c14-10-5-3-9(4-6-10)8-12(17)16-7-1-2-11(16)13(15)18/h3-6,11H,1-2,7-8H2,(H2,15,18). The maximum atomic E-state index is 12.8. The Bertz CT molecular complexity index is 461. The Morgan fingerprint density at radius 2 is 2.11 bits per heavy atom. The van der Waals surface area contributed by atoms with Crippen LogP contribution in [0.15, 0.2) is 24.3 Å². The summed E-state index contributed by atoms with van der Waals surface area (Å²) in [5.74, 6) is -0.301. The van der Waals surface area contributed by atoms with Crippen molar-refractivity contribution in [3.8, 4) is 0 Å². The highest BCUT2D eigenvalue weighted by atomic mass is 32.1. The van der Waals surface area contributed by atoms with Crippen LogP contribution in [0.1, 0.15) is 18.4 Å². The van der Waals surface area contributed by atoms with Crippen molar-refractivity contribution in [1.29, 1.82) is 0 Å². The highest BCUT2D eigenvalue weighted by Crippen LogP contribution is 2.19. The SMILES string of the molecule is NC(=S)C1CCCN1C(=O)Cc1ccc(F)cc1. The number of nitrogens with zero attached hydrogens (tertiary/aromatic N) is 1. The summed E-state index contributed by atoms with van der Waals surface area (Å²) in [6, 6.07) is 5.85. The molecule has 18 heavy (non-hydrogen) atoms. The molecule has 5 heteroatoms. The van der Waals surface area contributed by atoms with Gasteiger partial charge in [0.2, 0.25) is 5.91 Å². The Morgan fingerprint density at radius 1 is 1.44 bits per heavy atom. The molecule has 96 valence electrons. The molecule has 0 aliphatic carbocycles. The van der Waals surface area contributed by atoms with Gasteiger partial charge in [-0.2, -0.15) is 0 Å². The number of carbonyl (C=O) groups is 1. The first-order chi connectivity index (χ1) is 8.58. The van der Waals surface area contributed by atoms with Crippen molar-refractivity contribution < 1.29 is 9.18 Å². The number of hydrogen-bond acceptors (Lipinski definition) is 2. The van der Waals surface area contributed by atoms with Gasteiger partial charge in [0.1, 0.15) is 5.82 Å². The maximum Gasteiger partial charge on any atom is 0.227 e. The molecule has 1 aliphatic rings. The molecule has 1 heterocycles. The van der Waals surface area contributed by atoms with Crippen molar-refractivity contribution in [3.05, 3.63) is 35.6 Å². The lowest BCUT2D eigenvalue weighted by molar-refractivity contribution is -0.130. The van der Waals surface area contributed by atoms with Crippen LogP contribution in [0, 0.1) is 5.82 Å². The third-order valence-electron chi connectivity index (χ3n) is 3.17. The van der Waals surface area contributed by atoms with Crippen LogP contribution in [0.4, 0.5) is 4.39 Å². The quantitative estimate of drug-likeness (QED) is 0.846. The topological polar surface area (TPSA) is 46.3 Å². The fraction of sp³-hybridized carbons (Fsp3) is 0.385. The molecule has 1 unspecified atom stereocenters. The van der Waals surface area contributed by atoms with E-state index in [0.29, 0.717) is 11.5 Å². The van der Waals surface area contributed by atoms with E-state index in [0.717, 1.165) is 18.4 Å². The molecule has 1 aromatic carbocycles. The van der Waals surface area contributed by atoms with Gasteiger partial charge < -0.3 is 10.6 Å². The predicted octanol–water partition coefficient (Wildman–Crippen LogP) is 1.65. The molecule has 2 rings (SSSR count). The zero-order valence-electron chi connectivity index (χ0n) is 9.93. The Labute approximate surface area is 111 Å². The summed E-state index contributed by atoms with van der Waals surface area (Å²) in [7, 11) is 0. The van der Waals surface area contributed by atoms with E-state index in [2.05, 4.69) is 0 Å². The van der Waals surface area contributed by atoms with Gasteiger partial charge >= 0.3 is 0 Å². The molecular weight excluding hydrogens is 251 g/mol. The summed E-state index contributed by atoms with van der Waals surface area (Å²) in [5, 5.41) is 0. The summed E-state index contributed by atoms with van der Waals surface area (Å²) in [6.45, 7) is 0.696. The van der Waals surface area contributed by atoms with Crippen LogP contribution in [0.5, 0.6) is 0 Å². The number of carbonyl (C=O) groups excluding carboxylic acids is 1. The van der Waals surface area contributed by atoms with Crippen molar-refractivity contribution in [3.63, 3.8) is 0 Å². The number of amides is 1. The van der Waals surface area contributed by atoms with E-state index in [1.54, 1.807) is 17.0 Å². The molecule has 0 saturated carbocycles. The summed E-state index contributed by atoms with van der Waals surface area (Å²) in [5.41, 5.74) is 6.43. The van der Waals surface area contributed by atoms with Crippen LogP contribution in [0.3, 0.4) is 0 Å². The van der Waals surface area contributed by atoms with Crippen molar-refractivity contribution in [2.45, 2.75) is 25.3 Å². The van der Waals surface area contributed by atoms with E-state index in [1.165, 1.54) is 12.1 Å². The van der Waals surface area contributed by atoms with E-state index in [4.69, 9.17) is 18.0 Å². The Hall–Kier alpha value is -1.49. The Kier molecular flexibility index (Phi) is 3.91. The van der Waals surface area contributed by atoms with Crippen LogP contribution in [0.2, 0.25) is 0 Å². The van der Waals surface area contributed by atoms with Crippen LogP contribution in [0.25, 0.3) is 0 Å². The number of nitrogens with two attached hydrogens (primary N) is 1. The minimum atomic E-state index is -0.298. The van der Waals surface area contributed by atoms with Crippen molar-refractivity contribution in [1.82, 2.24) is 4.90 Å². The first-order valence-electron chi connectivity index (χ1n) is 5.91. The molecule has 1 fully saturated rings. The Balaban J connectivity index is 2.03. The fourth-order valence-corrected chi connectivity index (χ4v) is 2.48. The molecule has 0 spiro atoms. The third-order valence-corrected chi connectivity index (χ3v) is 3.44. The van der Waals surface area contributed by atoms with Gasteiger partial charge in [-0.05, 0) is 30.5 Å². The highest BCUT2D eigenvalue weighted by Gasteiger charge is 2.30. The average Bonchev–Trinajstić information content (AvgIpc) is 2.81. The second-order valence-electron chi connectivity index (χ2n) is 4.45. The summed E-state index contributed by atoms with van der Waals surface area (Å²) in [6.07, 6.45) is 2.03. The van der Waals surface area contributed by atoms with Gasteiger partial charge in [0.25, 0.3) is 0 Å². The summed E-state index contributed by atoms with van der Waals surface area (Å²) in [4.78, 5) is 14.2. The third kappa shape index (κ3) is 2.85. The van der Waals surface area contributed by atoms with Crippen LogP contribution in [-0.2, 0) is 11.2 Å². The lowest BCUT2D eigenvalue weighted by atomic mass is 10.1. The number of benzene rings is 1. The fourth-order valence-electron chi connectivity index (χ4n) is 2.24. The number of halogens is 1. The average molecular weight is 266 g/mol. The summed E-state index contributed by atoms with van der Waals surface area (Å²) < 4.78 is 12.8. The lowest BCUT2D eigenvalue weighted by Gasteiger charge is -2.23. The first kappa shape index (κ1) is 13.0. The lowest BCUT2D eigenvalue weighted by Crippen LogP contribution is -2.43. The number of thiocarbonyl (C=S) groups is 1. The molecule has 1 amide bonds. The zero-order chi connectivity index (χ0) is 13.1. The van der Waals surface area contributed by atoms with Gasteiger partial charge in [-0.1, -0.05) is 24.4 Å². The summed E-state index contributed by atoms with van der Waals surface area (Å²) >= 11 is 4.97. The minimum absolute atomic E-state index is 0.00286. The molecule has 2 N–H and O–H groups in total. The van der Waals surface area contributed by atoms with E-state index in [-0.39, 0.29) is 24.2 Å². The number of rotatable bonds is 3. The second-order valence-corrected chi connectivity index (χ2v) is 4.92. The van der Waals surface area contributed by atoms with Gasteiger partial charge in [0.15, 0.2) is 0 Å². The molecule has 3 nitrogen and oxygen atoms in total. The minimum Gasteiger partial charge on any atom is -0.392 e. The highest BCUT2D eigenvalue weighted by molar-refractivity contribution is 7.80. The van der Waals surface area contributed by atoms with Gasteiger partial charge in [-0.25, -0.2) is 4.39 Å². The molecule has 1 aliphatic heterocycles. The molecular formula is C13H15FN2OS. The van der Waals surface area contributed by atoms with Gasteiger partial charge in [-0.3, -0.25) is 4.79 Å². The van der Waals surface area contributed by atoms with Crippen LogP contribution in [-0.4, -0.2) is 28.4 Å². The van der Waals surface area contributed by atoms with E-state index in [9.17, 15) is 9.18 Å². The maximum absolute atomic E-state index is 12.8. The predicted molar refractivity (Wildman–Crippen MR) is 71.6 cm³/mol. The molecule has 0 aromatic heterocycles. The van der Waals surface area contributed by atoms with E-state index in [1.807, 2.05) is 0 Å². The second kappa shape index (κ2) is 5.44. The van der Waals surface area contributed by atoms with Crippen LogP contribution < -0.4 is 5.73 Å².